The number of imidazole rings is 1. The summed E-state index contributed by atoms with van der Waals surface area (Å²) in [6.07, 6.45) is 5.03. The Bertz CT molecular complexity index is 1360. The summed E-state index contributed by atoms with van der Waals surface area (Å²) in [7, 11) is 1.60. The second-order valence-electron chi connectivity index (χ2n) is 8.47. The van der Waals surface area contributed by atoms with Crippen molar-refractivity contribution >= 4 is 23.0 Å². The fourth-order valence-corrected chi connectivity index (χ4v) is 4.37. The number of carbonyl (C=O) groups excluding carboxylic acids is 1. The van der Waals surface area contributed by atoms with Crippen LogP contribution in [0.4, 0.5) is 10.3 Å². The Labute approximate surface area is 202 Å². The van der Waals surface area contributed by atoms with Gasteiger partial charge in [0.2, 0.25) is 5.95 Å². The van der Waals surface area contributed by atoms with Crippen LogP contribution in [-0.4, -0.2) is 52.7 Å². The summed E-state index contributed by atoms with van der Waals surface area (Å²) in [5.74, 6) is 0.961. The number of esters is 1. The Balaban J connectivity index is 1.34. The van der Waals surface area contributed by atoms with Crippen LogP contribution in [0.5, 0.6) is 5.75 Å². The van der Waals surface area contributed by atoms with Gasteiger partial charge in [-0.2, -0.15) is 0 Å². The molecule has 0 amide bonds. The number of fused-ring (bicyclic) bond motifs is 1. The SMILES string of the molecule is CCOC(=O)C1CCCN(c2ncc(-c3ccc(-c4nc5ccc(OC)cc5[nH]4)c(F)c3)cn2)C1. The third-order valence-corrected chi connectivity index (χ3v) is 6.21. The molecule has 0 spiro atoms. The molecule has 0 aliphatic carbocycles. The monoisotopic (exact) mass is 475 g/mol. The van der Waals surface area contributed by atoms with Crippen molar-refractivity contribution in [3.63, 3.8) is 0 Å². The van der Waals surface area contributed by atoms with Crippen LogP contribution in [0.3, 0.4) is 0 Å². The smallest absolute Gasteiger partial charge is 0.310 e. The van der Waals surface area contributed by atoms with E-state index in [4.69, 9.17) is 9.47 Å². The average Bonchev–Trinajstić information content (AvgIpc) is 3.32. The van der Waals surface area contributed by atoms with Crippen LogP contribution in [0, 0.1) is 11.7 Å². The van der Waals surface area contributed by atoms with Gasteiger partial charge in [-0.15, -0.1) is 0 Å². The van der Waals surface area contributed by atoms with Crippen LogP contribution in [0.2, 0.25) is 0 Å². The first kappa shape index (κ1) is 22.8. The number of halogens is 1. The molecule has 1 N–H and O–H groups in total. The Morgan fingerprint density at radius 1 is 1.17 bits per heavy atom. The normalized spacial score (nSPS) is 15.9. The van der Waals surface area contributed by atoms with E-state index >= 15 is 4.39 Å². The van der Waals surface area contributed by atoms with Gasteiger partial charge in [-0.3, -0.25) is 4.79 Å². The fraction of sp³-hybridized carbons (Fsp3) is 0.308. The molecule has 9 heteroatoms. The first-order valence-corrected chi connectivity index (χ1v) is 11.6. The van der Waals surface area contributed by atoms with E-state index in [1.54, 1.807) is 25.6 Å². The first-order valence-electron chi connectivity index (χ1n) is 11.6. The standard InChI is InChI=1S/C26H26FN5O3/c1-3-35-25(33)17-5-4-10-32(15-17)26-28-13-18(14-29-26)16-6-8-20(21(27)11-16)24-30-22-9-7-19(34-2)12-23(22)31-24/h6-9,11-14,17H,3-5,10,15H2,1-2H3,(H,30,31). The second-order valence-corrected chi connectivity index (χ2v) is 8.47. The molecular formula is C26H26FN5O3. The maximum Gasteiger partial charge on any atom is 0.310 e. The molecule has 0 radical (unpaired) electrons. The third-order valence-electron chi connectivity index (χ3n) is 6.21. The van der Waals surface area contributed by atoms with Crippen molar-refractivity contribution in [2.45, 2.75) is 19.8 Å². The molecule has 35 heavy (non-hydrogen) atoms. The number of hydrogen-bond acceptors (Lipinski definition) is 7. The van der Waals surface area contributed by atoms with Gasteiger partial charge in [0.15, 0.2) is 0 Å². The van der Waals surface area contributed by atoms with Gasteiger partial charge in [0.25, 0.3) is 0 Å². The maximum atomic E-state index is 15.1. The summed E-state index contributed by atoms with van der Waals surface area (Å²) in [6.45, 7) is 3.50. The number of carbonyl (C=O) groups is 1. The Kier molecular flexibility index (Phi) is 6.31. The predicted molar refractivity (Wildman–Crippen MR) is 131 cm³/mol. The number of rotatable bonds is 6. The summed E-state index contributed by atoms with van der Waals surface area (Å²) >= 11 is 0. The lowest BCUT2D eigenvalue weighted by atomic mass is 9.98. The first-order chi connectivity index (χ1) is 17.1. The fourth-order valence-electron chi connectivity index (χ4n) is 4.37. The zero-order valence-electron chi connectivity index (χ0n) is 19.6. The zero-order chi connectivity index (χ0) is 24.4. The van der Waals surface area contributed by atoms with Crippen LogP contribution in [0.1, 0.15) is 19.8 Å². The van der Waals surface area contributed by atoms with Crippen molar-refractivity contribution in [1.82, 2.24) is 19.9 Å². The van der Waals surface area contributed by atoms with Crippen LogP contribution in [0.25, 0.3) is 33.5 Å². The number of anilines is 1. The molecule has 1 saturated heterocycles. The molecule has 180 valence electrons. The van der Waals surface area contributed by atoms with Crippen molar-refractivity contribution in [1.29, 1.82) is 0 Å². The highest BCUT2D eigenvalue weighted by molar-refractivity contribution is 5.81. The van der Waals surface area contributed by atoms with Crippen LogP contribution in [0.15, 0.2) is 48.8 Å². The molecular weight excluding hydrogens is 449 g/mol. The zero-order valence-corrected chi connectivity index (χ0v) is 19.6. The molecule has 2 aromatic carbocycles. The molecule has 1 fully saturated rings. The van der Waals surface area contributed by atoms with Crippen LogP contribution >= 0.6 is 0 Å². The van der Waals surface area contributed by atoms with Gasteiger partial charge in [0.05, 0.1) is 36.2 Å². The van der Waals surface area contributed by atoms with E-state index in [-0.39, 0.29) is 11.9 Å². The van der Waals surface area contributed by atoms with Crippen molar-refractivity contribution in [2.75, 3.05) is 31.7 Å². The lowest BCUT2D eigenvalue weighted by Gasteiger charge is -2.31. The van der Waals surface area contributed by atoms with E-state index < -0.39 is 5.82 Å². The van der Waals surface area contributed by atoms with Crippen LogP contribution < -0.4 is 9.64 Å². The molecule has 5 rings (SSSR count). The minimum absolute atomic E-state index is 0.173. The van der Waals surface area contributed by atoms with E-state index in [0.717, 1.165) is 30.4 Å². The van der Waals surface area contributed by atoms with Gasteiger partial charge < -0.3 is 19.4 Å². The number of ether oxygens (including phenoxy) is 2. The number of hydrogen-bond donors (Lipinski definition) is 1. The van der Waals surface area contributed by atoms with E-state index in [1.165, 1.54) is 6.07 Å². The summed E-state index contributed by atoms with van der Waals surface area (Å²) in [4.78, 5) is 30.7. The van der Waals surface area contributed by atoms with Crippen LogP contribution in [-0.2, 0) is 9.53 Å². The number of piperidine rings is 1. The highest BCUT2D eigenvalue weighted by Crippen LogP contribution is 2.29. The second kappa shape index (κ2) is 9.69. The maximum absolute atomic E-state index is 15.1. The molecule has 1 aliphatic heterocycles. The van der Waals surface area contributed by atoms with Gasteiger partial charge in [-0.25, -0.2) is 19.3 Å². The topological polar surface area (TPSA) is 93.2 Å². The van der Waals surface area contributed by atoms with E-state index in [1.807, 2.05) is 36.1 Å². The number of nitrogens with one attached hydrogen (secondary N) is 1. The van der Waals surface area contributed by atoms with Crippen molar-refractivity contribution < 1.29 is 18.7 Å². The lowest BCUT2D eigenvalue weighted by molar-refractivity contribution is -0.148. The molecule has 0 saturated carbocycles. The summed E-state index contributed by atoms with van der Waals surface area (Å²) < 4.78 is 25.5. The number of aromatic amines is 1. The number of H-pyrrole nitrogens is 1. The summed E-state index contributed by atoms with van der Waals surface area (Å²) in [5.41, 5.74) is 3.25. The van der Waals surface area contributed by atoms with Crippen molar-refractivity contribution in [2.24, 2.45) is 5.92 Å². The Morgan fingerprint density at radius 2 is 2.00 bits per heavy atom. The molecule has 0 bridgehead atoms. The predicted octanol–water partition coefficient (Wildman–Crippen LogP) is 4.61. The molecule has 1 atom stereocenters. The molecule has 2 aromatic heterocycles. The van der Waals surface area contributed by atoms with Gasteiger partial charge in [0.1, 0.15) is 17.4 Å². The van der Waals surface area contributed by atoms with E-state index in [9.17, 15) is 4.79 Å². The van der Waals surface area contributed by atoms with Gasteiger partial charge in [-0.1, -0.05) is 6.07 Å². The molecule has 3 heterocycles. The highest BCUT2D eigenvalue weighted by Gasteiger charge is 2.28. The summed E-state index contributed by atoms with van der Waals surface area (Å²) in [6, 6.07) is 10.4. The van der Waals surface area contributed by atoms with Crippen molar-refractivity contribution in [3.8, 4) is 28.3 Å². The number of methoxy groups -OCH3 is 1. The third kappa shape index (κ3) is 4.66. The molecule has 8 nitrogen and oxygen atoms in total. The highest BCUT2D eigenvalue weighted by atomic mass is 19.1. The molecule has 1 aliphatic rings. The van der Waals surface area contributed by atoms with Crippen molar-refractivity contribution in [3.05, 3.63) is 54.6 Å². The Morgan fingerprint density at radius 3 is 2.74 bits per heavy atom. The number of aromatic nitrogens is 4. The molecule has 4 aromatic rings. The average molecular weight is 476 g/mol. The van der Waals surface area contributed by atoms with Gasteiger partial charge in [0, 0.05) is 37.1 Å². The van der Waals surface area contributed by atoms with Gasteiger partial charge in [-0.05, 0) is 49.6 Å². The minimum Gasteiger partial charge on any atom is -0.497 e. The van der Waals surface area contributed by atoms with E-state index in [2.05, 4.69) is 19.9 Å². The lowest BCUT2D eigenvalue weighted by Crippen LogP contribution is -2.40. The quantitative estimate of drug-likeness (QED) is 0.407. The number of nitrogens with zero attached hydrogens (tertiary/aromatic N) is 4. The van der Waals surface area contributed by atoms with E-state index in [0.29, 0.717) is 47.4 Å². The largest absolute Gasteiger partial charge is 0.497 e. The molecule has 1 unspecified atom stereocenters. The van der Waals surface area contributed by atoms with Gasteiger partial charge >= 0.3 is 5.97 Å². The minimum atomic E-state index is -0.397. The number of benzene rings is 2. The summed E-state index contributed by atoms with van der Waals surface area (Å²) in [5, 5.41) is 0. The Hall–Kier alpha value is -4.01.